The third-order valence-electron chi connectivity index (χ3n) is 5.80. The van der Waals surface area contributed by atoms with Crippen LogP contribution in [0.25, 0.3) is 0 Å². The van der Waals surface area contributed by atoms with Gasteiger partial charge in [0.15, 0.2) is 0 Å². The van der Waals surface area contributed by atoms with Gasteiger partial charge >= 0.3 is 17.9 Å². The zero-order chi connectivity index (χ0) is 29.0. The Morgan fingerprint density at radius 3 is 1.92 bits per heavy atom. The Morgan fingerprint density at radius 1 is 0.842 bits per heavy atom. The molecule has 0 saturated heterocycles. The predicted octanol–water partition coefficient (Wildman–Crippen LogP) is -0.813. The molecule has 0 spiro atoms. The van der Waals surface area contributed by atoms with Crippen LogP contribution in [0.3, 0.4) is 0 Å². The van der Waals surface area contributed by atoms with E-state index in [4.69, 9.17) is 15.9 Å². The van der Waals surface area contributed by atoms with Crippen LogP contribution < -0.4 is 21.7 Å². The number of carbonyl (C=O) groups is 6. The van der Waals surface area contributed by atoms with Gasteiger partial charge in [0.1, 0.15) is 23.9 Å². The number of carboxylic acids is 3. The molecule has 5 unspecified atom stereocenters. The van der Waals surface area contributed by atoms with E-state index in [-0.39, 0.29) is 25.0 Å². The highest BCUT2D eigenvalue weighted by Crippen LogP contribution is 2.14. The number of amides is 3. The molecular weight excluding hydrogens is 504 g/mol. The van der Waals surface area contributed by atoms with E-state index in [9.17, 15) is 39.0 Å². The van der Waals surface area contributed by atoms with Gasteiger partial charge in [0.25, 0.3) is 0 Å². The zero-order valence-electron chi connectivity index (χ0n) is 21.0. The molecule has 1 aromatic rings. The normalized spacial score (nSPS) is 14.7. The first kappa shape index (κ1) is 31.8. The van der Waals surface area contributed by atoms with E-state index in [1.165, 1.54) is 24.3 Å². The third kappa shape index (κ3) is 10.8. The molecule has 0 radical (unpaired) electrons. The maximum Gasteiger partial charge on any atom is 0.326 e. The summed E-state index contributed by atoms with van der Waals surface area (Å²) in [6.45, 7) is 3.42. The Bertz CT molecular complexity index is 1010. The summed E-state index contributed by atoms with van der Waals surface area (Å²) in [5.41, 5.74) is 6.23. The molecule has 1 aromatic carbocycles. The van der Waals surface area contributed by atoms with Crippen LogP contribution in [0.4, 0.5) is 0 Å². The number of aromatic hydroxyl groups is 1. The van der Waals surface area contributed by atoms with E-state index in [2.05, 4.69) is 16.0 Å². The third-order valence-corrected chi connectivity index (χ3v) is 5.80. The quantitative estimate of drug-likeness (QED) is 0.129. The van der Waals surface area contributed by atoms with Crippen molar-refractivity contribution in [3.8, 4) is 5.75 Å². The molecule has 3 amide bonds. The largest absolute Gasteiger partial charge is 0.508 e. The number of nitrogens with two attached hydrogens (primary N) is 1. The van der Waals surface area contributed by atoms with E-state index in [0.29, 0.717) is 12.0 Å². The van der Waals surface area contributed by atoms with E-state index in [1.54, 1.807) is 13.8 Å². The number of hydrogen-bond donors (Lipinski definition) is 8. The number of aliphatic carboxylic acids is 3. The zero-order valence-corrected chi connectivity index (χ0v) is 21.0. The average molecular weight is 539 g/mol. The van der Waals surface area contributed by atoms with Crippen molar-refractivity contribution in [2.75, 3.05) is 0 Å². The van der Waals surface area contributed by atoms with Gasteiger partial charge in [0.05, 0.1) is 12.5 Å². The molecule has 5 atom stereocenters. The Kier molecular flexibility index (Phi) is 12.7. The number of rotatable bonds is 16. The lowest BCUT2D eigenvalue weighted by atomic mass is 9.96. The highest BCUT2D eigenvalue weighted by Gasteiger charge is 2.33. The van der Waals surface area contributed by atoms with Crippen LogP contribution in [-0.2, 0) is 35.2 Å². The summed E-state index contributed by atoms with van der Waals surface area (Å²) in [6, 6.07) is 0.117. The van der Waals surface area contributed by atoms with Crippen LogP contribution in [0.1, 0.15) is 45.1 Å². The monoisotopic (exact) mass is 538 g/mol. The molecule has 14 heteroatoms. The summed E-state index contributed by atoms with van der Waals surface area (Å²) in [6.07, 6.45) is -1.15. The summed E-state index contributed by atoms with van der Waals surface area (Å²) in [7, 11) is 0. The minimum atomic E-state index is -1.77. The van der Waals surface area contributed by atoms with Crippen molar-refractivity contribution in [1.29, 1.82) is 0 Å². The maximum absolute atomic E-state index is 13.2. The van der Waals surface area contributed by atoms with Gasteiger partial charge in [-0.2, -0.15) is 0 Å². The molecule has 1 rings (SSSR count). The second-order valence-electron chi connectivity index (χ2n) is 8.84. The van der Waals surface area contributed by atoms with Crippen molar-refractivity contribution in [3.05, 3.63) is 29.8 Å². The highest BCUT2D eigenvalue weighted by atomic mass is 16.4. The maximum atomic E-state index is 13.2. The molecular formula is C24H34N4O10. The van der Waals surface area contributed by atoms with Gasteiger partial charge in [-0.05, 0) is 30.0 Å². The van der Waals surface area contributed by atoms with Crippen LogP contribution in [0.2, 0.25) is 0 Å². The number of carbonyl (C=O) groups excluding carboxylic acids is 3. The summed E-state index contributed by atoms with van der Waals surface area (Å²) in [5.74, 6) is -7.22. The molecule has 0 fully saturated rings. The summed E-state index contributed by atoms with van der Waals surface area (Å²) < 4.78 is 0. The van der Waals surface area contributed by atoms with Gasteiger partial charge in [-0.15, -0.1) is 0 Å². The van der Waals surface area contributed by atoms with Gasteiger partial charge in [-0.25, -0.2) is 4.79 Å². The van der Waals surface area contributed by atoms with Crippen molar-refractivity contribution < 1.29 is 49.2 Å². The summed E-state index contributed by atoms with van der Waals surface area (Å²) >= 11 is 0. The molecule has 14 nitrogen and oxygen atoms in total. The van der Waals surface area contributed by atoms with Crippen molar-refractivity contribution in [3.63, 3.8) is 0 Å². The second-order valence-corrected chi connectivity index (χ2v) is 8.84. The van der Waals surface area contributed by atoms with Gasteiger partial charge < -0.3 is 42.1 Å². The predicted molar refractivity (Wildman–Crippen MR) is 132 cm³/mol. The SMILES string of the molecule is CCC(C)C(NC(=O)C(N)CCC(=O)O)C(=O)NC(Cc1ccc(O)cc1)C(=O)NC(CC(=O)O)C(=O)O. The first-order valence-corrected chi connectivity index (χ1v) is 11.9. The first-order chi connectivity index (χ1) is 17.7. The fourth-order valence-corrected chi connectivity index (χ4v) is 3.36. The van der Waals surface area contributed by atoms with E-state index in [0.717, 1.165) is 0 Å². The van der Waals surface area contributed by atoms with Gasteiger partial charge in [0, 0.05) is 12.8 Å². The van der Waals surface area contributed by atoms with Crippen LogP contribution in [0, 0.1) is 5.92 Å². The van der Waals surface area contributed by atoms with Crippen LogP contribution in [0.5, 0.6) is 5.75 Å². The number of phenols is 1. The molecule has 0 aliphatic heterocycles. The fourth-order valence-electron chi connectivity index (χ4n) is 3.36. The average Bonchev–Trinajstić information content (AvgIpc) is 2.84. The van der Waals surface area contributed by atoms with Crippen LogP contribution >= 0.6 is 0 Å². The molecule has 0 aliphatic rings. The van der Waals surface area contributed by atoms with Crippen LogP contribution in [0.15, 0.2) is 24.3 Å². The van der Waals surface area contributed by atoms with E-state index in [1.807, 2.05) is 0 Å². The lowest BCUT2D eigenvalue weighted by Gasteiger charge is -2.28. The number of nitrogens with one attached hydrogen (secondary N) is 3. The molecule has 0 aliphatic carbocycles. The molecule has 210 valence electrons. The Balaban J connectivity index is 3.17. The fraction of sp³-hybridized carbons (Fsp3) is 0.500. The van der Waals surface area contributed by atoms with E-state index >= 15 is 0 Å². The minimum Gasteiger partial charge on any atom is -0.508 e. The molecule has 0 bridgehead atoms. The molecule has 9 N–H and O–H groups in total. The number of benzene rings is 1. The first-order valence-electron chi connectivity index (χ1n) is 11.9. The van der Waals surface area contributed by atoms with Crippen molar-refractivity contribution in [1.82, 2.24) is 16.0 Å². The van der Waals surface area contributed by atoms with Crippen molar-refractivity contribution in [2.24, 2.45) is 11.7 Å². The Morgan fingerprint density at radius 2 is 1.42 bits per heavy atom. The Labute approximate surface area is 218 Å². The topological polar surface area (TPSA) is 245 Å². The Hall–Kier alpha value is -4.20. The van der Waals surface area contributed by atoms with Crippen molar-refractivity contribution in [2.45, 2.75) is 70.1 Å². The smallest absolute Gasteiger partial charge is 0.326 e. The summed E-state index contributed by atoms with van der Waals surface area (Å²) in [5, 5.41) is 43.6. The number of hydrogen-bond acceptors (Lipinski definition) is 8. The molecule has 38 heavy (non-hydrogen) atoms. The second kappa shape index (κ2) is 15.1. The van der Waals surface area contributed by atoms with Crippen LogP contribution in [-0.4, -0.2) is 80.2 Å². The van der Waals surface area contributed by atoms with Gasteiger partial charge in [0.2, 0.25) is 17.7 Å². The van der Waals surface area contributed by atoms with Crippen molar-refractivity contribution >= 4 is 35.6 Å². The lowest BCUT2D eigenvalue weighted by molar-refractivity contribution is -0.147. The van der Waals surface area contributed by atoms with E-state index < -0.39 is 72.1 Å². The summed E-state index contributed by atoms with van der Waals surface area (Å²) in [4.78, 5) is 72.0. The molecule has 0 saturated carbocycles. The minimum absolute atomic E-state index is 0.0510. The standard InChI is InChI=1S/C24H34N4O10/c1-3-12(2)20(28-21(34)15(25)8-9-18(30)31)23(36)26-16(10-13-4-6-14(29)7-5-13)22(35)27-17(24(37)38)11-19(32)33/h4-7,12,15-17,20,29H,3,8-11,25H2,1-2H3,(H,26,36)(H,27,35)(H,28,34)(H,30,31)(H,32,33)(H,37,38). The molecule has 0 heterocycles. The van der Waals surface area contributed by atoms with Gasteiger partial charge in [-0.3, -0.25) is 24.0 Å². The highest BCUT2D eigenvalue weighted by molar-refractivity contribution is 5.95. The molecule has 0 aromatic heterocycles. The van der Waals surface area contributed by atoms with Gasteiger partial charge in [-0.1, -0.05) is 32.4 Å². The number of carboxylic acid groups (broad SMARTS) is 3. The number of phenolic OH excluding ortho intramolecular Hbond substituents is 1. The lowest BCUT2D eigenvalue weighted by Crippen LogP contribution is -2.59.